The van der Waals surface area contributed by atoms with Crippen molar-refractivity contribution in [3.05, 3.63) is 77.1 Å². The molecule has 1 aromatic heterocycles. The Morgan fingerprint density at radius 3 is 2.41 bits per heavy atom. The van der Waals surface area contributed by atoms with Crippen LogP contribution in [-0.2, 0) is 6.42 Å². The molecule has 0 saturated carbocycles. The van der Waals surface area contributed by atoms with E-state index in [0.717, 1.165) is 50.5 Å². The van der Waals surface area contributed by atoms with E-state index in [4.69, 9.17) is 0 Å². The van der Waals surface area contributed by atoms with E-state index < -0.39 is 0 Å². The predicted octanol–water partition coefficient (Wildman–Crippen LogP) is 4.24. The van der Waals surface area contributed by atoms with Crippen LogP contribution >= 0.6 is 0 Å². The number of para-hydroxylation sites is 1. The molecule has 4 rings (SSSR count). The van der Waals surface area contributed by atoms with Gasteiger partial charge in [-0.05, 0) is 56.0 Å². The number of hydrogen-bond donors (Lipinski definition) is 1. The highest BCUT2D eigenvalue weighted by Crippen LogP contribution is 2.22. The van der Waals surface area contributed by atoms with Crippen LogP contribution < -0.4 is 10.2 Å². The van der Waals surface area contributed by atoms with Gasteiger partial charge in [0.1, 0.15) is 0 Å². The molecule has 0 bridgehead atoms. The highest BCUT2D eigenvalue weighted by Gasteiger charge is 2.19. The summed E-state index contributed by atoms with van der Waals surface area (Å²) in [5.41, 5.74) is 6.52. The molecule has 1 fully saturated rings. The summed E-state index contributed by atoms with van der Waals surface area (Å²) in [5, 5.41) is 7.72. The van der Waals surface area contributed by atoms with E-state index in [1.807, 2.05) is 41.1 Å². The number of nitrogens with zero attached hydrogens (tertiary/aromatic N) is 4. The quantitative estimate of drug-likeness (QED) is 0.548. The first-order valence-electron chi connectivity index (χ1n) is 12.4. The molecule has 34 heavy (non-hydrogen) atoms. The van der Waals surface area contributed by atoms with Crippen LogP contribution in [0.2, 0.25) is 0 Å². The lowest BCUT2D eigenvalue weighted by Gasteiger charge is -2.36. The second-order valence-corrected chi connectivity index (χ2v) is 9.74. The van der Waals surface area contributed by atoms with Gasteiger partial charge in [0, 0.05) is 50.6 Å². The normalized spacial score (nSPS) is 14.6. The molecule has 0 aliphatic carbocycles. The van der Waals surface area contributed by atoms with Gasteiger partial charge in [-0.2, -0.15) is 5.10 Å². The summed E-state index contributed by atoms with van der Waals surface area (Å²) in [7, 11) is 0. The molecule has 1 saturated heterocycles. The molecule has 1 N–H and O–H groups in total. The van der Waals surface area contributed by atoms with Gasteiger partial charge >= 0.3 is 0 Å². The molecule has 1 aliphatic rings. The Hall–Kier alpha value is -3.12. The molecular formula is C28H37N5O. The summed E-state index contributed by atoms with van der Waals surface area (Å²) >= 11 is 0. The van der Waals surface area contributed by atoms with E-state index in [-0.39, 0.29) is 5.91 Å². The Kier molecular flexibility index (Phi) is 7.68. The van der Waals surface area contributed by atoms with Crippen molar-refractivity contribution in [1.82, 2.24) is 20.0 Å². The third kappa shape index (κ3) is 5.86. The number of aromatic nitrogens is 2. The SMILES string of the molecule is Cc1ccc(N2CCN(CCNC(=O)c3cc(CC(C)C)n(-c4ccccc4)n3)CC2)c(C)c1. The summed E-state index contributed by atoms with van der Waals surface area (Å²) in [6, 6.07) is 18.6. The Labute approximate surface area is 203 Å². The van der Waals surface area contributed by atoms with Crippen LogP contribution in [0.25, 0.3) is 5.69 Å². The Bertz CT molecular complexity index is 1100. The fraction of sp³-hybridized carbons (Fsp3) is 0.429. The van der Waals surface area contributed by atoms with E-state index >= 15 is 0 Å². The van der Waals surface area contributed by atoms with Crippen molar-refractivity contribution in [2.24, 2.45) is 5.92 Å². The number of aryl methyl sites for hydroxylation is 2. The summed E-state index contributed by atoms with van der Waals surface area (Å²) in [4.78, 5) is 17.7. The molecule has 0 unspecified atom stereocenters. The number of nitrogens with one attached hydrogen (secondary N) is 1. The van der Waals surface area contributed by atoms with Crippen molar-refractivity contribution in [3.8, 4) is 5.69 Å². The first-order chi connectivity index (χ1) is 16.4. The van der Waals surface area contributed by atoms with Crippen LogP contribution in [0.1, 0.15) is 41.2 Å². The first-order valence-corrected chi connectivity index (χ1v) is 12.4. The molecular weight excluding hydrogens is 422 g/mol. The molecule has 6 nitrogen and oxygen atoms in total. The van der Waals surface area contributed by atoms with Crippen molar-refractivity contribution < 1.29 is 4.79 Å². The largest absolute Gasteiger partial charge is 0.369 e. The van der Waals surface area contributed by atoms with Gasteiger partial charge in [0.15, 0.2) is 5.69 Å². The van der Waals surface area contributed by atoms with Gasteiger partial charge in [-0.25, -0.2) is 4.68 Å². The van der Waals surface area contributed by atoms with Gasteiger partial charge in [-0.1, -0.05) is 49.7 Å². The first kappa shape index (κ1) is 24.0. The molecule has 2 heterocycles. The van der Waals surface area contributed by atoms with E-state index in [1.165, 1.54) is 16.8 Å². The summed E-state index contributed by atoms with van der Waals surface area (Å²) in [6.07, 6.45) is 0.875. The van der Waals surface area contributed by atoms with Gasteiger partial charge in [0.05, 0.1) is 5.69 Å². The minimum atomic E-state index is -0.103. The van der Waals surface area contributed by atoms with Crippen molar-refractivity contribution in [1.29, 1.82) is 0 Å². The third-order valence-corrected chi connectivity index (χ3v) is 6.41. The Balaban J connectivity index is 1.30. The number of piperazine rings is 1. The van der Waals surface area contributed by atoms with Crippen LogP contribution in [-0.4, -0.2) is 59.9 Å². The van der Waals surface area contributed by atoms with Gasteiger partial charge in [-0.3, -0.25) is 9.69 Å². The van der Waals surface area contributed by atoms with Gasteiger partial charge in [0.2, 0.25) is 0 Å². The maximum atomic E-state index is 12.9. The monoisotopic (exact) mass is 459 g/mol. The second kappa shape index (κ2) is 10.9. The zero-order valence-electron chi connectivity index (χ0n) is 20.9. The Morgan fingerprint density at radius 1 is 1.00 bits per heavy atom. The average molecular weight is 460 g/mol. The van der Waals surface area contributed by atoms with E-state index in [1.54, 1.807) is 0 Å². The fourth-order valence-corrected chi connectivity index (χ4v) is 4.68. The van der Waals surface area contributed by atoms with Gasteiger partial charge in [0.25, 0.3) is 5.91 Å². The van der Waals surface area contributed by atoms with Crippen LogP contribution in [0, 0.1) is 19.8 Å². The predicted molar refractivity (Wildman–Crippen MR) is 139 cm³/mol. The lowest BCUT2D eigenvalue weighted by Crippen LogP contribution is -2.48. The maximum Gasteiger partial charge on any atom is 0.271 e. The molecule has 6 heteroatoms. The molecule has 180 valence electrons. The van der Waals surface area contributed by atoms with Crippen molar-refractivity contribution in [2.75, 3.05) is 44.2 Å². The number of anilines is 1. The highest BCUT2D eigenvalue weighted by atomic mass is 16.1. The number of rotatable bonds is 8. The second-order valence-electron chi connectivity index (χ2n) is 9.74. The molecule has 1 aliphatic heterocycles. The summed E-state index contributed by atoms with van der Waals surface area (Å²) in [5.74, 6) is 0.381. The summed E-state index contributed by atoms with van der Waals surface area (Å²) < 4.78 is 1.90. The smallest absolute Gasteiger partial charge is 0.271 e. The number of benzene rings is 2. The summed E-state index contributed by atoms with van der Waals surface area (Å²) in [6.45, 7) is 14.2. The third-order valence-electron chi connectivity index (χ3n) is 6.41. The highest BCUT2D eigenvalue weighted by molar-refractivity contribution is 5.92. The van der Waals surface area contributed by atoms with E-state index in [2.05, 4.69) is 66.1 Å². The fourth-order valence-electron chi connectivity index (χ4n) is 4.68. The van der Waals surface area contributed by atoms with E-state index in [9.17, 15) is 4.79 Å². The van der Waals surface area contributed by atoms with Crippen LogP contribution in [0.15, 0.2) is 54.6 Å². The van der Waals surface area contributed by atoms with Crippen molar-refractivity contribution >= 4 is 11.6 Å². The minimum absolute atomic E-state index is 0.103. The van der Waals surface area contributed by atoms with Gasteiger partial charge in [-0.15, -0.1) is 0 Å². The molecule has 3 aromatic rings. The molecule has 0 radical (unpaired) electrons. The van der Waals surface area contributed by atoms with Crippen LogP contribution in [0.5, 0.6) is 0 Å². The molecule has 1 amide bonds. The lowest BCUT2D eigenvalue weighted by atomic mass is 10.1. The molecule has 0 atom stereocenters. The minimum Gasteiger partial charge on any atom is -0.369 e. The zero-order chi connectivity index (χ0) is 24.1. The topological polar surface area (TPSA) is 53.4 Å². The number of amides is 1. The van der Waals surface area contributed by atoms with Crippen molar-refractivity contribution in [2.45, 2.75) is 34.1 Å². The molecule has 0 spiro atoms. The van der Waals surface area contributed by atoms with Crippen LogP contribution in [0.3, 0.4) is 0 Å². The zero-order valence-corrected chi connectivity index (χ0v) is 20.9. The van der Waals surface area contributed by atoms with Crippen molar-refractivity contribution in [3.63, 3.8) is 0 Å². The lowest BCUT2D eigenvalue weighted by molar-refractivity contribution is 0.0942. The average Bonchev–Trinajstić information content (AvgIpc) is 3.23. The number of hydrogen-bond acceptors (Lipinski definition) is 4. The van der Waals surface area contributed by atoms with Crippen LogP contribution in [0.4, 0.5) is 5.69 Å². The standard InChI is InChI=1S/C28H37N5O/c1-21(2)18-25-20-26(30-33(25)24-8-6-5-7-9-24)28(34)29-12-13-31-14-16-32(17-15-31)27-11-10-22(3)19-23(27)4/h5-11,19-21H,12-18H2,1-4H3,(H,29,34). The van der Waals surface area contributed by atoms with Gasteiger partial charge < -0.3 is 10.2 Å². The molecule has 2 aromatic carbocycles. The number of carbonyl (C=O) groups excluding carboxylic acids is 1. The Morgan fingerprint density at radius 2 is 1.74 bits per heavy atom. The van der Waals surface area contributed by atoms with E-state index in [0.29, 0.717) is 18.2 Å². The number of carbonyl (C=O) groups is 1. The maximum absolute atomic E-state index is 12.9.